The molecule has 2 aromatic carbocycles. The number of amides is 1. The van der Waals surface area contributed by atoms with Crippen molar-refractivity contribution in [2.24, 2.45) is 0 Å². The molecule has 2 rings (SSSR count). The number of benzene rings is 2. The Morgan fingerprint density at radius 2 is 1.30 bits per heavy atom. The number of anilines is 1. The second-order valence-corrected chi connectivity index (χ2v) is 5.35. The van der Waals surface area contributed by atoms with E-state index in [4.69, 9.17) is 4.74 Å². The summed E-state index contributed by atoms with van der Waals surface area (Å²) in [5.41, 5.74) is 0.670. The van der Waals surface area contributed by atoms with Gasteiger partial charge in [0.25, 0.3) is 5.91 Å². The molecule has 0 aromatic heterocycles. The van der Waals surface area contributed by atoms with Gasteiger partial charge in [0, 0.05) is 18.2 Å². The SMILES string of the molecule is COC(=O)c1cc(NC(=O)c2ccc(OC(C)=O)cc2)cc(C(=O)OC)c1. The van der Waals surface area contributed by atoms with Crippen LogP contribution in [0.1, 0.15) is 38.0 Å². The first-order chi connectivity index (χ1) is 12.8. The van der Waals surface area contributed by atoms with Crippen LogP contribution in [0, 0.1) is 0 Å². The fourth-order valence-corrected chi connectivity index (χ4v) is 2.21. The van der Waals surface area contributed by atoms with Crippen molar-refractivity contribution in [3.8, 4) is 5.75 Å². The third-order valence-electron chi connectivity index (χ3n) is 3.41. The summed E-state index contributed by atoms with van der Waals surface area (Å²) in [6.07, 6.45) is 0. The number of methoxy groups -OCH3 is 2. The average Bonchev–Trinajstić information content (AvgIpc) is 2.66. The normalized spacial score (nSPS) is 9.89. The molecule has 0 bridgehead atoms. The molecule has 0 radical (unpaired) electrons. The van der Waals surface area contributed by atoms with Crippen molar-refractivity contribution < 1.29 is 33.4 Å². The van der Waals surface area contributed by atoms with Crippen LogP contribution in [0.15, 0.2) is 42.5 Å². The van der Waals surface area contributed by atoms with Gasteiger partial charge < -0.3 is 19.5 Å². The van der Waals surface area contributed by atoms with E-state index in [1.165, 1.54) is 63.6 Å². The first-order valence-corrected chi connectivity index (χ1v) is 7.75. The van der Waals surface area contributed by atoms with Crippen LogP contribution in [0.5, 0.6) is 5.75 Å². The van der Waals surface area contributed by atoms with Gasteiger partial charge in [0.1, 0.15) is 5.75 Å². The molecular weight excluding hydrogens is 354 g/mol. The van der Waals surface area contributed by atoms with E-state index < -0.39 is 23.8 Å². The Labute approximate surface area is 155 Å². The monoisotopic (exact) mass is 371 g/mol. The van der Waals surface area contributed by atoms with Crippen LogP contribution in [0.2, 0.25) is 0 Å². The number of hydrogen-bond donors (Lipinski definition) is 1. The Morgan fingerprint density at radius 3 is 1.74 bits per heavy atom. The zero-order valence-electron chi connectivity index (χ0n) is 14.9. The van der Waals surface area contributed by atoms with Crippen molar-refractivity contribution in [3.63, 3.8) is 0 Å². The third-order valence-corrected chi connectivity index (χ3v) is 3.41. The van der Waals surface area contributed by atoms with Crippen molar-refractivity contribution in [2.75, 3.05) is 19.5 Å². The Kier molecular flexibility index (Phi) is 6.27. The summed E-state index contributed by atoms with van der Waals surface area (Å²) >= 11 is 0. The highest BCUT2D eigenvalue weighted by atomic mass is 16.5. The minimum absolute atomic E-state index is 0.0842. The van der Waals surface area contributed by atoms with Crippen molar-refractivity contribution in [1.82, 2.24) is 0 Å². The van der Waals surface area contributed by atoms with Gasteiger partial charge in [0.15, 0.2) is 0 Å². The summed E-state index contributed by atoms with van der Waals surface area (Å²) in [7, 11) is 2.41. The van der Waals surface area contributed by atoms with E-state index in [0.29, 0.717) is 5.75 Å². The summed E-state index contributed by atoms with van der Waals surface area (Å²) < 4.78 is 14.2. The van der Waals surface area contributed by atoms with E-state index in [0.717, 1.165) is 0 Å². The lowest BCUT2D eigenvalue weighted by atomic mass is 10.1. The van der Waals surface area contributed by atoms with Gasteiger partial charge in [-0.2, -0.15) is 0 Å². The van der Waals surface area contributed by atoms with E-state index in [1.807, 2.05) is 0 Å². The Bertz CT molecular complexity index is 853. The number of carbonyl (C=O) groups is 4. The smallest absolute Gasteiger partial charge is 0.337 e. The largest absolute Gasteiger partial charge is 0.465 e. The molecule has 0 spiro atoms. The zero-order chi connectivity index (χ0) is 20.0. The van der Waals surface area contributed by atoms with Crippen molar-refractivity contribution in [1.29, 1.82) is 0 Å². The van der Waals surface area contributed by atoms with Gasteiger partial charge in [-0.25, -0.2) is 9.59 Å². The van der Waals surface area contributed by atoms with E-state index in [1.54, 1.807) is 0 Å². The van der Waals surface area contributed by atoms with Crippen LogP contribution in [-0.4, -0.2) is 38.0 Å². The molecule has 8 heteroatoms. The lowest BCUT2D eigenvalue weighted by molar-refractivity contribution is -0.131. The van der Waals surface area contributed by atoms with Gasteiger partial charge in [-0.1, -0.05) is 0 Å². The molecule has 1 amide bonds. The minimum Gasteiger partial charge on any atom is -0.465 e. The number of nitrogens with one attached hydrogen (secondary N) is 1. The molecular formula is C19H17NO7. The molecule has 0 saturated heterocycles. The van der Waals surface area contributed by atoms with Crippen molar-refractivity contribution >= 4 is 29.5 Å². The highest BCUT2D eigenvalue weighted by Gasteiger charge is 2.15. The van der Waals surface area contributed by atoms with Crippen LogP contribution >= 0.6 is 0 Å². The van der Waals surface area contributed by atoms with Crippen molar-refractivity contribution in [2.45, 2.75) is 6.92 Å². The molecule has 0 aliphatic heterocycles. The van der Waals surface area contributed by atoms with Crippen LogP contribution in [-0.2, 0) is 14.3 Å². The Morgan fingerprint density at radius 1 is 0.778 bits per heavy atom. The topological polar surface area (TPSA) is 108 Å². The van der Waals surface area contributed by atoms with Gasteiger partial charge in [0.2, 0.25) is 0 Å². The van der Waals surface area contributed by atoms with Crippen molar-refractivity contribution in [3.05, 3.63) is 59.2 Å². The lowest BCUT2D eigenvalue weighted by Gasteiger charge is -2.10. The lowest BCUT2D eigenvalue weighted by Crippen LogP contribution is -2.14. The van der Waals surface area contributed by atoms with Gasteiger partial charge in [-0.3, -0.25) is 9.59 Å². The first-order valence-electron chi connectivity index (χ1n) is 7.75. The molecule has 0 atom stereocenters. The summed E-state index contributed by atoms with van der Waals surface area (Å²) in [4.78, 5) is 46.9. The van der Waals surface area contributed by atoms with Gasteiger partial charge in [-0.15, -0.1) is 0 Å². The maximum atomic E-state index is 12.4. The molecule has 0 heterocycles. The standard InChI is InChI=1S/C19H17NO7/c1-11(21)27-16-6-4-12(5-7-16)17(22)20-15-9-13(18(23)25-2)8-14(10-15)19(24)26-3/h4-10H,1-3H3,(H,20,22). The molecule has 8 nitrogen and oxygen atoms in total. The summed E-state index contributed by atoms with van der Waals surface area (Å²) in [6, 6.07) is 9.95. The molecule has 0 aliphatic rings. The number of hydrogen-bond acceptors (Lipinski definition) is 7. The van der Waals surface area contributed by atoms with Crippen LogP contribution < -0.4 is 10.1 Å². The zero-order valence-corrected chi connectivity index (χ0v) is 14.9. The summed E-state index contributed by atoms with van der Waals surface area (Å²) in [5.74, 6) is -1.98. The Balaban J connectivity index is 2.26. The Hall–Kier alpha value is -3.68. The predicted molar refractivity (Wildman–Crippen MR) is 94.8 cm³/mol. The molecule has 1 N–H and O–H groups in total. The maximum absolute atomic E-state index is 12.4. The highest BCUT2D eigenvalue weighted by molar-refractivity contribution is 6.06. The highest BCUT2D eigenvalue weighted by Crippen LogP contribution is 2.19. The van der Waals surface area contributed by atoms with Crippen LogP contribution in [0.4, 0.5) is 5.69 Å². The molecule has 0 fully saturated rings. The molecule has 140 valence electrons. The minimum atomic E-state index is -0.665. The number of ether oxygens (including phenoxy) is 3. The fourth-order valence-electron chi connectivity index (χ4n) is 2.21. The molecule has 2 aromatic rings. The second-order valence-electron chi connectivity index (χ2n) is 5.35. The van der Waals surface area contributed by atoms with Gasteiger partial charge in [0.05, 0.1) is 25.3 Å². The average molecular weight is 371 g/mol. The molecule has 27 heavy (non-hydrogen) atoms. The summed E-state index contributed by atoms with van der Waals surface area (Å²) in [6.45, 7) is 1.27. The van der Waals surface area contributed by atoms with E-state index in [2.05, 4.69) is 14.8 Å². The third kappa shape index (κ3) is 5.15. The number of carbonyl (C=O) groups excluding carboxylic acids is 4. The van der Waals surface area contributed by atoms with E-state index >= 15 is 0 Å². The fraction of sp³-hybridized carbons (Fsp3) is 0.158. The molecule has 0 unspecified atom stereocenters. The quantitative estimate of drug-likeness (QED) is 0.635. The second kappa shape index (κ2) is 8.61. The summed E-state index contributed by atoms with van der Waals surface area (Å²) in [5, 5.41) is 2.59. The van der Waals surface area contributed by atoms with E-state index in [9.17, 15) is 19.2 Å². The van der Waals surface area contributed by atoms with Gasteiger partial charge in [-0.05, 0) is 42.5 Å². The van der Waals surface area contributed by atoms with E-state index in [-0.39, 0.29) is 22.4 Å². The molecule has 0 saturated carbocycles. The molecule has 0 aliphatic carbocycles. The van der Waals surface area contributed by atoms with Gasteiger partial charge >= 0.3 is 17.9 Å². The number of esters is 3. The number of rotatable bonds is 5. The predicted octanol–water partition coefficient (Wildman–Crippen LogP) is 2.44. The first kappa shape index (κ1) is 19.6. The maximum Gasteiger partial charge on any atom is 0.337 e. The van der Waals surface area contributed by atoms with Crippen LogP contribution in [0.3, 0.4) is 0 Å². The van der Waals surface area contributed by atoms with Crippen LogP contribution in [0.25, 0.3) is 0 Å².